The summed E-state index contributed by atoms with van der Waals surface area (Å²) < 4.78 is 0. The van der Waals surface area contributed by atoms with Gasteiger partial charge in [-0.1, -0.05) is 60.7 Å². The molecule has 4 rings (SSSR count). The minimum atomic E-state index is -0.165. The summed E-state index contributed by atoms with van der Waals surface area (Å²) in [6.45, 7) is 2.03. The molecule has 0 aliphatic rings. The fourth-order valence-corrected chi connectivity index (χ4v) is 4.01. The third-order valence-corrected chi connectivity index (χ3v) is 5.50. The second-order valence-corrected chi connectivity index (χ2v) is 7.27. The zero-order valence-corrected chi connectivity index (χ0v) is 15.7. The summed E-state index contributed by atoms with van der Waals surface area (Å²) in [5.41, 5.74) is 3.68. The van der Waals surface area contributed by atoms with Crippen LogP contribution in [0.2, 0.25) is 0 Å². The minimum Gasteiger partial charge on any atom is -0.326 e. The van der Waals surface area contributed by atoms with Crippen molar-refractivity contribution in [2.75, 3.05) is 5.32 Å². The maximum absolute atomic E-state index is 12.8. The molecule has 1 amide bonds. The van der Waals surface area contributed by atoms with E-state index in [-0.39, 0.29) is 11.8 Å². The first-order chi connectivity index (χ1) is 13.2. The van der Waals surface area contributed by atoms with Gasteiger partial charge in [0.1, 0.15) is 15.4 Å². The Kier molecular flexibility index (Phi) is 4.94. The lowest BCUT2D eigenvalue weighted by atomic mass is 9.95. The van der Waals surface area contributed by atoms with E-state index in [2.05, 4.69) is 15.3 Å². The molecule has 0 aliphatic heterocycles. The van der Waals surface area contributed by atoms with Crippen molar-refractivity contribution in [2.45, 2.75) is 19.3 Å². The lowest BCUT2D eigenvalue weighted by Crippen LogP contribution is -2.20. The molecule has 27 heavy (non-hydrogen) atoms. The maximum atomic E-state index is 12.8. The number of amides is 1. The highest BCUT2D eigenvalue weighted by Crippen LogP contribution is 2.30. The molecule has 1 N–H and O–H groups in total. The van der Waals surface area contributed by atoms with Crippen LogP contribution in [0, 0.1) is 0 Å². The van der Waals surface area contributed by atoms with Crippen LogP contribution in [0.4, 0.5) is 5.69 Å². The van der Waals surface area contributed by atoms with E-state index < -0.39 is 0 Å². The predicted molar refractivity (Wildman–Crippen MR) is 111 cm³/mol. The number of carbonyl (C=O) groups is 1. The van der Waals surface area contributed by atoms with Crippen molar-refractivity contribution in [3.63, 3.8) is 0 Å². The summed E-state index contributed by atoms with van der Waals surface area (Å²) in [7, 11) is 0. The van der Waals surface area contributed by atoms with E-state index in [1.807, 2.05) is 73.7 Å². The van der Waals surface area contributed by atoms with Gasteiger partial charge in [0.15, 0.2) is 0 Å². The smallest absolute Gasteiger partial charge is 0.231 e. The van der Waals surface area contributed by atoms with E-state index in [1.54, 1.807) is 17.5 Å². The van der Waals surface area contributed by atoms with Gasteiger partial charge in [0.2, 0.25) is 5.91 Å². The number of benzene rings is 2. The molecule has 1 atom stereocenters. The Morgan fingerprint density at radius 3 is 2.70 bits per heavy atom. The van der Waals surface area contributed by atoms with E-state index in [9.17, 15) is 4.79 Å². The van der Waals surface area contributed by atoms with Gasteiger partial charge in [0, 0.05) is 17.4 Å². The highest BCUT2D eigenvalue weighted by Gasteiger charge is 2.18. The zero-order chi connectivity index (χ0) is 18.6. The number of nitrogens with zero attached hydrogens (tertiary/aromatic N) is 2. The molecule has 2 heterocycles. The first-order valence-corrected chi connectivity index (χ1v) is 9.74. The highest BCUT2D eigenvalue weighted by molar-refractivity contribution is 7.21. The van der Waals surface area contributed by atoms with E-state index in [4.69, 9.17) is 0 Å². The van der Waals surface area contributed by atoms with Gasteiger partial charge in [-0.25, -0.2) is 9.97 Å². The van der Waals surface area contributed by atoms with Crippen LogP contribution < -0.4 is 5.32 Å². The van der Waals surface area contributed by atoms with E-state index in [0.29, 0.717) is 0 Å². The summed E-state index contributed by atoms with van der Waals surface area (Å²) >= 11 is 1.55. The first-order valence-electron chi connectivity index (χ1n) is 8.92. The molecule has 0 radical (unpaired) electrons. The van der Waals surface area contributed by atoms with Gasteiger partial charge in [-0.3, -0.25) is 4.79 Å². The maximum Gasteiger partial charge on any atom is 0.231 e. The number of hydrogen-bond acceptors (Lipinski definition) is 4. The van der Waals surface area contributed by atoms with Crippen molar-refractivity contribution in [1.82, 2.24) is 9.97 Å². The van der Waals surface area contributed by atoms with Crippen LogP contribution in [0.15, 0.2) is 72.9 Å². The molecule has 5 heteroatoms. The summed E-state index contributed by atoms with van der Waals surface area (Å²) in [6, 6.07) is 21.5. The summed E-state index contributed by atoms with van der Waals surface area (Å²) in [5, 5.41) is 3.96. The average Bonchev–Trinajstić information content (AvgIpc) is 3.14. The molecule has 0 saturated heterocycles. The molecule has 0 fully saturated rings. The van der Waals surface area contributed by atoms with Crippen molar-refractivity contribution in [3.05, 3.63) is 78.5 Å². The number of fused-ring (bicyclic) bond motifs is 1. The van der Waals surface area contributed by atoms with Crippen LogP contribution in [0.5, 0.6) is 0 Å². The Morgan fingerprint density at radius 2 is 1.93 bits per heavy atom. The van der Waals surface area contributed by atoms with Gasteiger partial charge in [-0.15, -0.1) is 0 Å². The van der Waals surface area contributed by atoms with Crippen molar-refractivity contribution >= 4 is 33.3 Å². The quantitative estimate of drug-likeness (QED) is 0.503. The van der Waals surface area contributed by atoms with Crippen molar-refractivity contribution < 1.29 is 4.79 Å². The summed E-state index contributed by atoms with van der Waals surface area (Å²) in [4.78, 5) is 22.7. The SMILES string of the molecule is CC[C@@H](C(=O)Nc1cccc(-c2nc3cccnc3s2)c1)c1ccccc1. The molecule has 0 spiro atoms. The second kappa shape index (κ2) is 7.68. The van der Waals surface area contributed by atoms with E-state index >= 15 is 0 Å². The third kappa shape index (κ3) is 3.73. The van der Waals surface area contributed by atoms with Crippen LogP contribution >= 0.6 is 11.3 Å². The molecule has 4 nitrogen and oxygen atoms in total. The molecule has 0 bridgehead atoms. The van der Waals surface area contributed by atoms with Crippen molar-refractivity contribution in [3.8, 4) is 10.6 Å². The molecule has 0 saturated carbocycles. The van der Waals surface area contributed by atoms with Gasteiger partial charge in [-0.2, -0.15) is 0 Å². The number of anilines is 1. The van der Waals surface area contributed by atoms with Gasteiger partial charge in [-0.05, 0) is 36.2 Å². The fraction of sp³-hybridized carbons (Fsp3) is 0.136. The predicted octanol–water partition coefficient (Wildman–Crippen LogP) is 5.49. The van der Waals surface area contributed by atoms with E-state index in [0.717, 1.165) is 38.6 Å². The van der Waals surface area contributed by atoms with Crippen LogP contribution in [0.1, 0.15) is 24.8 Å². The molecule has 4 aromatic rings. The minimum absolute atomic E-state index is 0.00631. The molecular formula is C22H19N3OS. The average molecular weight is 373 g/mol. The zero-order valence-electron chi connectivity index (χ0n) is 14.9. The Labute approximate surface area is 161 Å². The van der Waals surface area contributed by atoms with E-state index in [1.165, 1.54) is 0 Å². The molecular weight excluding hydrogens is 354 g/mol. The molecule has 2 aromatic heterocycles. The lowest BCUT2D eigenvalue weighted by molar-refractivity contribution is -0.117. The Bertz CT molecular complexity index is 1040. The van der Waals surface area contributed by atoms with Gasteiger partial charge < -0.3 is 5.32 Å². The normalized spacial score (nSPS) is 12.0. The first kappa shape index (κ1) is 17.4. The summed E-state index contributed by atoms with van der Waals surface area (Å²) in [6.07, 6.45) is 2.52. The lowest BCUT2D eigenvalue weighted by Gasteiger charge is -2.15. The largest absolute Gasteiger partial charge is 0.326 e. The number of carbonyl (C=O) groups excluding carboxylic acids is 1. The second-order valence-electron chi connectivity index (χ2n) is 6.29. The summed E-state index contributed by atoms with van der Waals surface area (Å²) in [5.74, 6) is -0.159. The standard InChI is InChI=1S/C22H19N3OS/c1-2-18(15-8-4-3-5-9-15)20(26)24-17-11-6-10-16(14-17)21-25-19-12-7-13-23-22(19)27-21/h3-14,18H,2H2,1H3,(H,24,26)/t18-/m1/s1. The molecule has 0 unspecified atom stereocenters. The number of hydrogen-bond donors (Lipinski definition) is 1. The van der Waals surface area contributed by atoms with Gasteiger partial charge in [0.05, 0.1) is 5.92 Å². The highest BCUT2D eigenvalue weighted by atomic mass is 32.1. The van der Waals surface area contributed by atoms with Crippen molar-refractivity contribution in [1.29, 1.82) is 0 Å². The number of thiazole rings is 1. The van der Waals surface area contributed by atoms with Crippen LogP contribution in [-0.2, 0) is 4.79 Å². The Hall–Kier alpha value is -3.05. The number of pyridine rings is 1. The van der Waals surface area contributed by atoms with Crippen LogP contribution in [0.25, 0.3) is 20.9 Å². The molecule has 2 aromatic carbocycles. The van der Waals surface area contributed by atoms with Crippen LogP contribution in [0.3, 0.4) is 0 Å². The monoisotopic (exact) mass is 373 g/mol. The van der Waals surface area contributed by atoms with Crippen LogP contribution in [-0.4, -0.2) is 15.9 Å². The van der Waals surface area contributed by atoms with Gasteiger partial charge >= 0.3 is 0 Å². The number of rotatable bonds is 5. The van der Waals surface area contributed by atoms with Gasteiger partial charge in [0.25, 0.3) is 0 Å². The fourth-order valence-electron chi connectivity index (χ4n) is 3.11. The Morgan fingerprint density at radius 1 is 1.07 bits per heavy atom. The molecule has 134 valence electrons. The Balaban J connectivity index is 1.58. The number of nitrogens with one attached hydrogen (secondary N) is 1. The topological polar surface area (TPSA) is 54.9 Å². The third-order valence-electron chi connectivity index (χ3n) is 4.47. The number of aromatic nitrogens is 2. The van der Waals surface area contributed by atoms with Crippen molar-refractivity contribution in [2.24, 2.45) is 0 Å². The molecule has 0 aliphatic carbocycles.